The molecule has 8 nitrogen and oxygen atoms in total. The van der Waals surface area contributed by atoms with Crippen molar-refractivity contribution in [3.8, 4) is 0 Å². The summed E-state index contributed by atoms with van der Waals surface area (Å²) >= 11 is 0. The molecule has 9 heteroatoms. The Morgan fingerprint density at radius 1 is 0.689 bits per heavy atom. The number of carbonyl (C=O) groups excluding carboxylic acids is 1. The molecule has 3 N–H and O–H groups in total. The summed E-state index contributed by atoms with van der Waals surface area (Å²) in [6.07, 6.45) is 37.1. The summed E-state index contributed by atoms with van der Waals surface area (Å²) < 4.78 is 33.1. The van der Waals surface area contributed by atoms with Gasteiger partial charge in [0, 0.05) is 19.6 Å². The Balaban J connectivity index is 4.24. The zero-order valence-corrected chi connectivity index (χ0v) is 29.5. The van der Waals surface area contributed by atoms with Crippen LogP contribution in [-0.2, 0) is 27.9 Å². The number of phosphoric ester groups is 1. The van der Waals surface area contributed by atoms with Crippen LogP contribution in [0.5, 0.6) is 0 Å². The molecule has 0 aliphatic carbocycles. The van der Waals surface area contributed by atoms with Crippen LogP contribution in [0.2, 0.25) is 0 Å². The van der Waals surface area contributed by atoms with Gasteiger partial charge in [0.25, 0.3) is 0 Å². The van der Waals surface area contributed by atoms with E-state index in [0.29, 0.717) is 13.0 Å². The number of nitrogens with two attached hydrogens (primary N) is 1. The average Bonchev–Trinajstić information content (AvgIpc) is 3.02. The van der Waals surface area contributed by atoms with E-state index in [1.807, 2.05) is 12.2 Å². The predicted molar refractivity (Wildman–Crippen MR) is 187 cm³/mol. The zero-order valence-electron chi connectivity index (χ0n) is 28.6. The first kappa shape index (κ1) is 43.5. The molecule has 0 bridgehead atoms. The van der Waals surface area contributed by atoms with E-state index in [4.69, 9.17) is 24.3 Å². The van der Waals surface area contributed by atoms with E-state index in [-0.39, 0.29) is 32.8 Å². The monoisotopic (exact) mass is 655 g/mol. The average molecular weight is 656 g/mol. The highest BCUT2D eigenvalue weighted by molar-refractivity contribution is 7.47. The maximum Gasteiger partial charge on any atom is 0.472 e. The SMILES string of the molecule is CC/C=C\C/C=C\C/C=C\C/C=C\CCC(=O)OC(COCCCCCCCCCCCCCCC)COP(=O)(O)OCCN. The van der Waals surface area contributed by atoms with Crippen LogP contribution < -0.4 is 5.73 Å². The zero-order chi connectivity index (χ0) is 33.1. The molecule has 0 radical (unpaired) electrons. The van der Waals surface area contributed by atoms with Crippen LogP contribution in [0.1, 0.15) is 136 Å². The summed E-state index contributed by atoms with van der Waals surface area (Å²) in [7, 11) is -4.28. The number of rotatable bonds is 33. The van der Waals surface area contributed by atoms with Crippen molar-refractivity contribution >= 4 is 13.8 Å². The fourth-order valence-electron chi connectivity index (χ4n) is 4.48. The maximum atomic E-state index is 12.4. The van der Waals surface area contributed by atoms with Crippen LogP contribution in [0.25, 0.3) is 0 Å². The van der Waals surface area contributed by atoms with Crippen LogP contribution in [0.3, 0.4) is 0 Å². The topological polar surface area (TPSA) is 117 Å². The summed E-state index contributed by atoms with van der Waals surface area (Å²) in [5, 5.41) is 0. The molecule has 0 aromatic carbocycles. The first-order valence-electron chi connectivity index (χ1n) is 17.6. The molecule has 0 amide bonds. The van der Waals surface area contributed by atoms with Crippen molar-refractivity contribution < 1.29 is 32.8 Å². The van der Waals surface area contributed by atoms with Gasteiger partial charge in [0.1, 0.15) is 6.10 Å². The molecule has 0 aromatic rings. The van der Waals surface area contributed by atoms with E-state index >= 15 is 0 Å². The second-order valence-corrected chi connectivity index (χ2v) is 12.8. The molecule has 0 spiro atoms. The Bertz CT molecular complexity index is 828. The lowest BCUT2D eigenvalue weighted by Gasteiger charge is -2.20. The number of allylic oxidation sites excluding steroid dienone is 8. The summed E-state index contributed by atoms with van der Waals surface area (Å²) in [6, 6.07) is 0. The van der Waals surface area contributed by atoms with Gasteiger partial charge in [-0.3, -0.25) is 13.8 Å². The molecule has 0 saturated carbocycles. The molecule has 2 unspecified atom stereocenters. The highest BCUT2D eigenvalue weighted by atomic mass is 31.2. The van der Waals surface area contributed by atoms with Gasteiger partial charge in [0.2, 0.25) is 0 Å². The van der Waals surface area contributed by atoms with E-state index in [2.05, 4.69) is 50.3 Å². The predicted octanol–water partition coefficient (Wildman–Crippen LogP) is 9.68. The summed E-state index contributed by atoms with van der Waals surface area (Å²) in [5.74, 6) is -0.411. The van der Waals surface area contributed by atoms with E-state index in [1.165, 1.54) is 70.6 Å². The fourth-order valence-corrected chi connectivity index (χ4v) is 5.24. The third kappa shape index (κ3) is 33.6. The van der Waals surface area contributed by atoms with Crippen molar-refractivity contribution in [2.45, 2.75) is 142 Å². The Labute approximate surface area is 275 Å². The molecular formula is C36H66NO7P. The molecular weight excluding hydrogens is 589 g/mol. The van der Waals surface area contributed by atoms with Crippen molar-refractivity contribution in [2.24, 2.45) is 5.73 Å². The molecule has 0 aromatic heterocycles. The highest BCUT2D eigenvalue weighted by Crippen LogP contribution is 2.43. The molecule has 0 saturated heterocycles. The number of ether oxygens (including phenoxy) is 2. The minimum absolute atomic E-state index is 0.0882. The second-order valence-electron chi connectivity index (χ2n) is 11.4. The van der Waals surface area contributed by atoms with Crippen LogP contribution in [0.15, 0.2) is 48.6 Å². The van der Waals surface area contributed by atoms with Crippen LogP contribution in [0, 0.1) is 0 Å². The number of esters is 1. The number of carbonyl (C=O) groups is 1. The standard InChI is InChI=1S/C36H66NO7P/c1-3-5-7-9-11-13-15-17-19-21-23-25-27-29-36(38)44-35(34-43-45(39,40)42-32-30-37)33-41-31-28-26-24-22-20-18-16-14-12-10-8-6-4-2/h5,7,11,13,17,19,23,25,35H,3-4,6,8-10,12,14-16,18,20-22,24,26-34,37H2,1-2H3,(H,39,40)/b7-5-,13-11-,19-17-,25-23-. The van der Waals surface area contributed by atoms with Gasteiger partial charge in [-0.15, -0.1) is 0 Å². The Kier molecular flexibility index (Phi) is 32.7. The third-order valence-corrected chi connectivity index (χ3v) is 8.01. The minimum atomic E-state index is -4.28. The first-order valence-corrected chi connectivity index (χ1v) is 19.1. The number of phosphoric acid groups is 1. The first-order chi connectivity index (χ1) is 21.9. The molecule has 0 heterocycles. The third-order valence-electron chi connectivity index (χ3n) is 7.02. The number of hydrogen-bond acceptors (Lipinski definition) is 7. The van der Waals surface area contributed by atoms with Crippen LogP contribution >= 0.6 is 7.82 Å². The molecule has 0 fully saturated rings. The van der Waals surface area contributed by atoms with Gasteiger partial charge in [-0.05, 0) is 38.5 Å². The van der Waals surface area contributed by atoms with E-state index in [9.17, 15) is 14.3 Å². The van der Waals surface area contributed by atoms with E-state index < -0.39 is 19.9 Å². The van der Waals surface area contributed by atoms with E-state index in [0.717, 1.165) is 38.5 Å². The molecule has 45 heavy (non-hydrogen) atoms. The Morgan fingerprint density at radius 3 is 1.73 bits per heavy atom. The Morgan fingerprint density at radius 2 is 1.20 bits per heavy atom. The summed E-state index contributed by atoms with van der Waals surface area (Å²) in [6.45, 7) is 4.69. The summed E-state index contributed by atoms with van der Waals surface area (Å²) in [4.78, 5) is 22.3. The minimum Gasteiger partial charge on any atom is -0.457 e. The van der Waals surface area contributed by atoms with Crippen molar-refractivity contribution in [1.82, 2.24) is 0 Å². The molecule has 262 valence electrons. The molecule has 0 aliphatic rings. The lowest BCUT2D eigenvalue weighted by Crippen LogP contribution is -2.28. The second kappa shape index (κ2) is 33.8. The molecule has 0 aliphatic heterocycles. The lowest BCUT2D eigenvalue weighted by atomic mass is 10.0. The Hall–Kier alpha value is -1.54. The van der Waals surface area contributed by atoms with Crippen LogP contribution in [0.4, 0.5) is 0 Å². The summed E-state index contributed by atoms with van der Waals surface area (Å²) in [5.41, 5.74) is 5.33. The highest BCUT2D eigenvalue weighted by Gasteiger charge is 2.25. The van der Waals surface area contributed by atoms with Gasteiger partial charge in [-0.1, -0.05) is 140 Å². The number of hydrogen-bond donors (Lipinski definition) is 2. The van der Waals surface area contributed by atoms with Gasteiger partial charge in [-0.25, -0.2) is 4.57 Å². The normalized spacial score (nSPS) is 14.3. The molecule has 2 atom stereocenters. The van der Waals surface area contributed by atoms with Gasteiger partial charge in [-0.2, -0.15) is 0 Å². The maximum absolute atomic E-state index is 12.4. The van der Waals surface area contributed by atoms with Crippen molar-refractivity contribution in [3.05, 3.63) is 48.6 Å². The van der Waals surface area contributed by atoms with E-state index in [1.54, 1.807) is 0 Å². The quantitative estimate of drug-likeness (QED) is 0.0311. The number of unbranched alkanes of at least 4 members (excludes halogenated alkanes) is 12. The van der Waals surface area contributed by atoms with Crippen molar-refractivity contribution in [2.75, 3.05) is 33.0 Å². The van der Waals surface area contributed by atoms with Crippen molar-refractivity contribution in [3.63, 3.8) is 0 Å². The van der Waals surface area contributed by atoms with Gasteiger partial charge in [0.05, 0.1) is 19.8 Å². The smallest absolute Gasteiger partial charge is 0.457 e. The van der Waals surface area contributed by atoms with Gasteiger partial charge in [0.15, 0.2) is 0 Å². The van der Waals surface area contributed by atoms with Crippen molar-refractivity contribution in [1.29, 1.82) is 0 Å². The van der Waals surface area contributed by atoms with Crippen LogP contribution in [-0.4, -0.2) is 49.9 Å². The largest absolute Gasteiger partial charge is 0.472 e. The van der Waals surface area contributed by atoms with Gasteiger partial charge >= 0.3 is 13.8 Å². The fraction of sp³-hybridized carbons (Fsp3) is 0.750. The molecule has 0 rings (SSSR count). The van der Waals surface area contributed by atoms with Gasteiger partial charge < -0.3 is 20.1 Å². The lowest BCUT2D eigenvalue weighted by molar-refractivity contribution is -0.154.